The molecule has 158 valence electrons. The highest BCUT2D eigenvalue weighted by Gasteiger charge is 2.27. The Hall–Kier alpha value is -2.06. The summed E-state index contributed by atoms with van der Waals surface area (Å²) in [5, 5.41) is 13.1. The number of H-pyrrole nitrogens is 1. The molecule has 1 aromatic heterocycles. The topological polar surface area (TPSA) is 79.0 Å². The van der Waals surface area contributed by atoms with Gasteiger partial charge in [-0.05, 0) is 57.2 Å². The molecule has 2 aliphatic rings. The quantitative estimate of drug-likeness (QED) is 0.605. The molecule has 1 aliphatic carbocycles. The molecule has 1 saturated carbocycles. The van der Waals surface area contributed by atoms with Crippen LogP contribution >= 0.6 is 11.8 Å². The standard InChI is InChI=1S/C17H20FN3OS.C4H9NO/c1-22-11-3-2-10(8-11)14-9-16(21-20-14)19-17-12-6-7-23-15(12)5-4-13(17)18;1-4(2)5-3-6/h4-5,9-11H,2-3,6-8H2,1H3,(H2,19,20,21);3-4H,1-2H3,(H,5,6). The van der Waals surface area contributed by atoms with Gasteiger partial charge in [0.2, 0.25) is 6.41 Å². The van der Waals surface area contributed by atoms with Gasteiger partial charge in [0.15, 0.2) is 5.82 Å². The van der Waals surface area contributed by atoms with Crippen molar-refractivity contribution >= 4 is 29.7 Å². The smallest absolute Gasteiger partial charge is 0.207 e. The van der Waals surface area contributed by atoms with Gasteiger partial charge in [0, 0.05) is 41.5 Å². The number of methoxy groups -OCH3 is 1. The number of carbonyl (C=O) groups is 1. The molecular formula is C21H29FN4O2S. The molecule has 1 fully saturated rings. The Morgan fingerprint density at radius 3 is 2.86 bits per heavy atom. The van der Waals surface area contributed by atoms with Gasteiger partial charge in [0.05, 0.1) is 11.8 Å². The molecule has 6 nitrogen and oxygen atoms in total. The second-order valence-electron chi connectivity index (χ2n) is 7.64. The van der Waals surface area contributed by atoms with E-state index in [-0.39, 0.29) is 11.9 Å². The van der Waals surface area contributed by atoms with Crippen molar-refractivity contribution in [2.75, 3.05) is 18.2 Å². The monoisotopic (exact) mass is 420 g/mol. The molecule has 2 aromatic rings. The molecule has 29 heavy (non-hydrogen) atoms. The van der Waals surface area contributed by atoms with E-state index >= 15 is 0 Å². The van der Waals surface area contributed by atoms with Crippen molar-refractivity contribution in [2.24, 2.45) is 0 Å². The van der Waals surface area contributed by atoms with E-state index in [2.05, 4.69) is 20.8 Å². The Morgan fingerprint density at radius 1 is 1.38 bits per heavy atom. The highest BCUT2D eigenvalue weighted by Crippen LogP contribution is 2.39. The Kier molecular flexibility index (Phi) is 7.55. The van der Waals surface area contributed by atoms with Gasteiger partial charge in [-0.1, -0.05) is 0 Å². The Labute approximate surface area is 175 Å². The van der Waals surface area contributed by atoms with Crippen LogP contribution in [0, 0.1) is 5.82 Å². The minimum absolute atomic E-state index is 0.212. The Bertz CT molecular complexity index is 827. The minimum Gasteiger partial charge on any atom is -0.381 e. The normalized spacial score (nSPS) is 20.2. The lowest BCUT2D eigenvalue weighted by atomic mass is 10.0. The van der Waals surface area contributed by atoms with Crippen LogP contribution in [-0.4, -0.2) is 41.6 Å². The predicted octanol–water partition coefficient (Wildman–Crippen LogP) is 4.36. The first-order valence-electron chi connectivity index (χ1n) is 10.0. The summed E-state index contributed by atoms with van der Waals surface area (Å²) < 4.78 is 19.6. The van der Waals surface area contributed by atoms with Gasteiger partial charge < -0.3 is 15.4 Å². The maximum atomic E-state index is 14.2. The molecule has 0 saturated heterocycles. The van der Waals surface area contributed by atoms with Gasteiger partial charge in [-0.3, -0.25) is 9.89 Å². The Balaban J connectivity index is 0.000000353. The van der Waals surface area contributed by atoms with E-state index in [1.165, 1.54) is 11.0 Å². The number of nitrogens with one attached hydrogen (secondary N) is 3. The molecule has 1 amide bonds. The van der Waals surface area contributed by atoms with E-state index in [1.807, 2.05) is 26.0 Å². The van der Waals surface area contributed by atoms with Crippen LogP contribution in [0.4, 0.5) is 15.9 Å². The summed E-state index contributed by atoms with van der Waals surface area (Å²) in [6.07, 6.45) is 5.14. The minimum atomic E-state index is -0.212. The molecule has 2 unspecified atom stereocenters. The molecule has 1 aliphatic heterocycles. The molecule has 1 aromatic carbocycles. The third-order valence-electron chi connectivity index (χ3n) is 5.24. The number of hydrogen-bond acceptors (Lipinski definition) is 5. The third kappa shape index (κ3) is 5.51. The first-order chi connectivity index (χ1) is 14.0. The number of anilines is 2. The SMILES string of the molecule is CC(C)NC=O.COC1CCC(c2cc(Nc3c(F)ccc4c3CCS4)n[nH]2)C1. The lowest BCUT2D eigenvalue weighted by Gasteiger charge is -2.10. The van der Waals surface area contributed by atoms with Gasteiger partial charge >= 0.3 is 0 Å². The van der Waals surface area contributed by atoms with E-state index in [0.717, 1.165) is 42.7 Å². The fourth-order valence-corrected chi connectivity index (χ4v) is 4.76. The van der Waals surface area contributed by atoms with Crippen molar-refractivity contribution < 1.29 is 13.9 Å². The van der Waals surface area contributed by atoms with E-state index in [9.17, 15) is 9.18 Å². The number of halogens is 1. The third-order valence-corrected chi connectivity index (χ3v) is 6.34. The number of hydrogen-bond donors (Lipinski definition) is 3. The number of aromatic nitrogens is 2. The first-order valence-corrected chi connectivity index (χ1v) is 11.0. The summed E-state index contributed by atoms with van der Waals surface area (Å²) in [5.41, 5.74) is 2.75. The number of ether oxygens (including phenoxy) is 1. The maximum absolute atomic E-state index is 14.2. The second kappa shape index (κ2) is 10.1. The van der Waals surface area contributed by atoms with Crippen molar-refractivity contribution in [2.45, 2.75) is 62.5 Å². The number of nitrogens with zero attached hydrogens (tertiary/aromatic N) is 1. The van der Waals surface area contributed by atoms with Crippen LogP contribution in [0.5, 0.6) is 0 Å². The van der Waals surface area contributed by atoms with E-state index in [0.29, 0.717) is 29.9 Å². The van der Waals surface area contributed by atoms with Crippen molar-refractivity contribution in [1.29, 1.82) is 0 Å². The summed E-state index contributed by atoms with van der Waals surface area (Å²) in [6.45, 7) is 3.82. The average Bonchev–Trinajstić information content (AvgIpc) is 3.44. The Morgan fingerprint density at radius 2 is 2.21 bits per heavy atom. The van der Waals surface area contributed by atoms with Crippen LogP contribution in [0.3, 0.4) is 0 Å². The largest absolute Gasteiger partial charge is 0.381 e. The molecule has 0 radical (unpaired) electrons. The predicted molar refractivity (Wildman–Crippen MR) is 114 cm³/mol. The van der Waals surface area contributed by atoms with Crippen LogP contribution < -0.4 is 10.6 Å². The van der Waals surface area contributed by atoms with Gasteiger partial charge in [0.1, 0.15) is 5.82 Å². The van der Waals surface area contributed by atoms with Gasteiger partial charge in [-0.15, -0.1) is 11.8 Å². The van der Waals surface area contributed by atoms with Crippen LogP contribution in [0.2, 0.25) is 0 Å². The number of thioether (sulfide) groups is 1. The first kappa shape index (κ1) is 21.6. The fourth-order valence-electron chi connectivity index (χ4n) is 3.69. The van der Waals surface area contributed by atoms with Crippen molar-refractivity contribution in [1.82, 2.24) is 15.5 Å². The van der Waals surface area contributed by atoms with Crippen LogP contribution in [0.25, 0.3) is 0 Å². The zero-order valence-electron chi connectivity index (χ0n) is 17.1. The van der Waals surface area contributed by atoms with E-state index in [4.69, 9.17) is 4.74 Å². The van der Waals surface area contributed by atoms with Crippen molar-refractivity contribution in [3.8, 4) is 0 Å². The summed E-state index contributed by atoms with van der Waals surface area (Å²) in [5.74, 6) is 1.94. The van der Waals surface area contributed by atoms with Crippen LogP contribution in [-0.2, 0) is 16.0 Å². The summed E-state index contributed by atoms with van der Waals surface area (Å²) >= 11 is 1.78. The number of benzene rings is 1. The molecule has 8 heteroatoms. The zero-order valence-corrected chi connectivity index (χ0v) is 17.9. The molecule has 4 rings (SSSR count). The molecule has 2 atom stereocenters. The van der Waals surface area contributed by atoms with Gasteiger partial charge in [-0.2, -0.15) is 5.10 Å². The molecule has 0 bridgehead atoms. The van der Waals surface area contributed by atoms with Gasteiger partial charge in [0.25, 0.3) is 0 Å². The molecular weight excluding hydrogens is 391 g/mol. The number of fused-ring (bicyclic) bond motifs is 1. The zero-order chi connectivity index (χ0) is 20.8. The number of amides is 1. The van der Waals surface area contributed by atoms with E-state index in [1.54, 1.807) is 18.9 Å². The molecule has 2 heterocycles. The highest BCUT2D eigenvalue weighted by atomic mass is 32.2. The van der Waals surface area contributed by atoms with E-state index < -0.39 is 0 Å². The van der Waals surface area contributed by atoms with Crippen LogP contribution in [0.15, 0.2) is 23.1 Å². The van der Waals surface area contributed by atoms with Crippen molar-refractivity contribution in [3.05, 3.63) is 35.3 Å². The summed E-state index contributed by atoms with van der Waals surface area (Å²) in [6, 6.07) is 5.69. The van der Waals surface area contributed by atoms with Crippen molar-refractivity contribution in [3.63, 3.8) is 0 Å². The molecule has 0 spiro atoms. The second-order valence-corrected chi connectivity index (χ2v) is 8.77. The number of carbonyl (C=O) groups excluding carboxylic acids is 1. The lowest BCUT2D eigenvalue weighted by Crippen LogP contribution is -2.19. The number of aromatic amines is 1. The van der Waals surface area contributed by atoms with Crippen LogP contribution in [0.1, 0.15) is 50.3 Å². The highest BCUT2D eigenvalue weighted by molar-refractivity contribution is 7.99. The lowest BCUT2D eigenvalue weighted by molar-refractivity contribution is -0.109. The average molecular weight is 421 g/mol. The summed E-state index contributed by atoms with van der Waals surface area (Å²) in [4.78, 5) is 10.7. The fraction of sp³-hybridized carbons (Fsp3) is 0.524. The number of rotatable bonds is 6. The summed E-state index contributed by atoms with van der Waals surface area (Å²) in [7, 11) is 1.77. The maximum Gasteiger partial charge on any atom is 0.207 e. The van der Waals surface area contributed by atoms with Gasteiger partial charge in [-0.25, -0.2) is 4.39 Å². The molecule has 3 N–H and O–H groups in total.